The highest BCUT2D eigenvalue weighted by Gasteiger charge is 2.46. The number of hydrogen-bond acceptors (Lipinski definition) is 3. The van der Waals surface area contributed by atoms with Gasteiger partial charge in [-0.25, -0.2) is 0 Å². The fourth-order valence-electron chi connectivity index (χ4n) is 2.46. The van der Waals surface area contributed by atoms with E-state index in [1.165, 1.54) is 0 Å². The van der Waals surface area contributed by atoms with Gasteiger partial charge in [-0.05, 0) is 25.7 Å². The quantitative estimate of drug-likeness (QED) is 0.629. The van der Waals surface area contributed by atoms with Crippen LogP contribution in [0.15, 0.2) is 0 Å². The lowest BCUT2D eigenvalue weighted by Crippen LogP contribution is -2.55. The summed E-state index contributed by atoms with van der Waals surface area (Å²) in [4.78, 5) is 10.8. The zero-order valence-corrected chi connectivity index (χ0v) is 7.66. The average molecular weight is 184 g/mol. The van der Waals surface area contributed by atoms with E-state index >= 15 is 0 Å². The largest absolute Gasteiger partial charge is 0.373 e. The Bertz CT molecular complexity index is 232. The highest BCUT2D eigenvalue weighted by molar-refractivity contribution is 5.75. The van der Waals surface area contributed by atoms with E-state index in [9.17, 15) is 4.79 Å². The van der Waals surface area contributed by atoms with Gasteiger partial charge in [0.05, 0.1) is 17.7 Å². The predicted octanol–water partition coefficient (Wildman–Crippen LogP) is -0.0993. The van der Waals surface area contributed by atoms with Crippen LogP contribution in [0.2, 0.25) is 0 Å². The molecule has 0 saturated carbocycles. The number of ether oxygens (including phenoxy) is 1. The maximum absolute atomic E-state index is 10.8. The third-order valence-corrected chi connectivity index (χ3v) is 3.18. The van der Waals surface area contributed by atoms with Crippen LogP contribution < -0.4 is 11.5 Å². The molecule has 0 aromatic heterocycles. The molecule has 3 atom stereocenters. The van der Waals surface area contributed by atoms with E-state index < -0.39 is 5.54 Å². The molecule has 0 aromatic rings. The topological polar surface area (TPSA) is 78.3 Å². The predicted molar refractivity (Wildman–Crippen MR) is 47.9 cm³/mol. The Morgan fingerprint density at radius 3 is 2.92 bits per heavy atom. The summed E-state index contributed by atoms with van der Waals surface area (Å²) in [6, 6.07) is 0. The summed E-state index contributed by atoms with van der Waals surface area (Å²) in [5.41, 5.74) is 10.8. The Hall–Kier alpha value is -0.610. The number of primary amides is 1. The Labute approximate surface area is 77.6 Å². The minimum Gasteiger partial charge on any atom is -0.373 e. The van der Waals surface area contributed by atoms with Crippen LogP contribution in [0.3, 0.4) is 0 Å². The molecule has 0 aromatic carbocycles. The maximum Gasteiger partial charge on any atom is 0.219 e. The Kier molecular flexibility index (Phi) is 2.04. The summed E-state index contributed by atoms with van der Waals surface area (Å²) in [5.74, 6) is -0.323. The average Bonchev–Trinajstić information content (AvgIpc) is 2.42. The molecule has 4 heteroatoms. The number of amides is 1. The lowest BCUT2D eigenvalue weighted by Gasteiger charge is -2.38. The lowest BCUT2D eigenvalue weighted by molar-refractivity contribution is -0.122. The van der Waals surface area contributed by atoms with Gasteiger partial charge in [0.25, 0.3) is 0 Å². The van der Waals surface area contributed by atoms with Crippen LogP contribution >= 0.6 is 0 Å². The fraction of sp³-hybridized carbons (Fsp3) is 0.889. The highest BCUT2D eigenvalue weighted by Crippen LogP contribution is 2.39. The van der Waals surface area contributed by atoms with Crippen LogP contribution in [0.5, 0.6) is 0 Å². The summed E-state index contributed by atoms with van der Waals surface area (Å²) in [6.45, 7) is 0. The van der Waals surface area contributed by atoms with Gasteiger partial charge in [0.1, 0.15) is 0 Å². The van der Waals surface area contributed by atoms with Crippen molar-refractivity contribution in [1.29, 1.82) is 0 Å². The molecule has 0 radical (unpaired) electrons. The van der Waals surface area contributed by atoms with Crippen molar-refractivity contribution < 1.29 is 9.53 Å². The number of carbonyl (C=O) groups excluding carboxylic acids is 1. The molecule has 0 spiro atoms. The van der Waals surface area contributed by atoms with Crippen LogP contribution in [0, 0.1) is 0 Å². The minimum atomic E-state index is -0.487. The van der Waals surface area contributed by atoms with E-state index in [-0.39, 0.29) is 18.4 Å². The third kappa shape index (κ3) is 1.56. The maximum atomic E-state index is 10.8. The van der Waals surface area contributed by atoms with Crippen LogP contribution in [-0.2, 0) is 9.53 Å². The molecule has 2 heterocycles. The van der Waals surface area contributed by atoms with E-state index in [0.717, 1.165) is 25.7 Å². The first kappa shape index (κ1) is 8.97. The first-order chi connectivity index (χ1) is 6.10. The minimum absolute atomic E-state index is 0.0544. The Morgan fingerprint density at radius 1 is 1.46 bits per heavy atom. The molecular weight excluding hydrogens is 168 g/mol. The second kappa shape index (κ2) is 2.96. The normalized spacial score (nSPS) is 43.5. The Morgan fingerprint density at radius 2 is 2.23 bits per heavy atom. The van der Waals surface area contributed by atoms with Gasteiger partial charge >= 0.3 is 0 Å². The second-order valence-corrected chi connectivity index (χ2v) is 4.24. The molecule has 2 aliphatic rings. The lowest BCUT2D eigenvalue weighted by atomic mass is 9.84. The van der Waals surface area contributed by atoms with Crippen molar-refractivity contribution in [1.82, 2.24) is 0 Å². The van der Waals surface area contributed by atoms with Crippen molar-refractivity contribution in [3.63, 3.8) is 0 Å². The van der Waals surface area contributed by atoms with Gasteiger partial charge in [0.2, 0.25) is 5.91 Å². The van der Waals surface area contributed by atoms with Crippen molar-refractivity contribution in [3.05, 3.63) is 0 Å². The van der Waals surface area contributed by atoms with Crippen molar-refractivity contribution in [2.75, 3.05) is 0 Å². The number of carbonyl (C=O) groups is 1. The van der Waals surface area contributed by atoms with Crippen LogP contribution in [-0.4, -0.2) is 23.7 Å². The molecule has 2 fully saturated rings. The third-order valence-electron chi connectivity index (χ3n) is 3.18. The number of rotatable bonds is 2. The molecule has 1 amide bonds. The first-order valence-corrected chi connectivity index (χ1v) is 4.83. The van der Waals surface area contributed by atoms with Gasteiger partial charge in [0.15, 0.2) is 0 Å². The monoisotopic (exact) mass is 184 g/mol. The van der Waals surface area contributed by atoms with Crippen molar-refractivity contribution in [2.45, 2.75) is 49.9 Å². The summed E-state index contributed by atoms with van der Waals surface area (Å²) >= 11 is 0. The van der Waals surface area contributed by atoms with Crippen molar-refractivity contribution in [3.8, 4) is 0 Å². The van der Waals surface area contributed by atoms with E-state index in [4.69, 9.17) is 16.2 Å². The smallest absolute Gasteiger partial charge is 0.219 e. The zero-order valence-electron chi connectivity index (χ0n) is 7.66. The van der Waals surface area contributed by atoms with Gasteiger partial charge in [-0.2, -0.15) is 0 Å². The molecule has 13 heavy (non-hydrogen) atoms. The summed E-state index contributed by atoms with van der Waals surface area (Å²) in [6.07, 6.45) is 4.60. The Balaban J connectivity index is 2.08. The van der Waals surface area contributed by atoms with Crippen molar-refractivity contribution >= 4 is 5.91 Å². The van der Waals surface area contributed by atoms with Gasteiger partial charge in [0, 0.05) is 6.42 Å². The fourth-order valence-corrected chi connectivity index (χ4v) is 2.46. The standard InChI is InChI=1S/C9H16N2O2/c10-8(12)5-9(11)4-3-6-1-2-7(9)13-6/h6-7H,1-5,11H2,(H2,10,12). The summed E-state index contributed by atoms with van der Waals surface area (Å²) < 4.78 is 5.68. The number of nitrogens with two attached hydrogens (primary N) is 2. The number of hydrogen-bond donors (Lipinski definition) is 2. The van der Waals surface area contributed by atoms with Gasteiger partial charge < -0.3 is 16.2 Å². The molecule has 2 saturated heterocycles. The number of fused-ring (bicyclic) bond motifs is 2. The summed E-state index contributed by atoms with van der Waals surface area (Å²) in [7, 11) is 0. The van der Waals surface area contributed by atoms with Crippen LogP contribution in [0.25, 0.3) is 0 Å². The molecule has 2 rings (SSSR count). The van der Waals surface area contributed by atoms with Crippen molar-refractivity contribution in [2.24, 2.45) is 11.5 Å². The van der Waals surface area contributed by atoms with Gasteiger partial charge in [-0.15, -0.1) is 0 Å². The molecule has 74 valence electrons. The summed E-state index contributed by atoms with van der Waals surface area (Å²) in [5, 5.41) is 0. The second-order valence-electron chi connectivity index (χ2n) is 4.24. The molecule has 3 unspecified atom stereocenters. The van der Waals surface area contributed by atoms with E-state index in [2.05, 4.69) is 0 Å². The molecule has 2 aliphatic heterocycles. The first-order valence-electron chi connectivity index (χ1n) is 4.83. The van der Waals surface area contributed by atoms with E-state index in [1.54, 1.807) is 0 Å². The highest BCUT2D eigenvalue weighted by atomic mass is 16.5. The SMILES string of the molecule is NC(=O)CC1(N)CCC2CCC1O2. The van der Waals surface area contributed by atoms with Crippen LogP contribution in [0.4, 0.5) is 0 Å². The molecule has 4 nitrogen and oxygen atoms in total. The van der Waals surface area contributed by atoms with Gasteiger partial charge in [-0.1, -0.05) is 0 Å². The molecule has 2 bridgehead atoms. The molecular formula is C9H16N2O2. The van der Waals surface area contributed by atoms with Gasteiger partial charge in [-0.3, -0.25) is 4.79 Å². The van der Waals surface area contributed by atoms with Crippen LogP contribution in [0.1, 0.15) is 32.1 Å². The van der Waals surface area contributed by atoms with E-state index in [1.807, 2.05) is 0 Å². The molecule has 0 aliphatic carbocycles. The van der Waals surface area contributed by atoms with E-state index in [0.29, 0.717) is 6.10 Å². The molecule has 4 N–H and O–H groups in total. The zero-order chi connectivity index (χ0) is 9.47.